The van der Waals surface area contributed by atoms with Gasteiger partial charge in [0.25, 0.3) is 0 Å². The van der Waals surface area contributed by atoms with Crippen LogP contribution >= 0.6 is 15.9 Å². The van der Waals surface area contributed by atoms with Crippen molar-refractivity contribution in [2.24, 2.45) is 0 Å². The third kappa shape index (κ3) is 3.08. The van der Waals surface area contributed by atoms with E-state index in [1.165, 1.54) is 15.6 Å². The largest absolute Gasteiger partial charge is 0.491 e. The maximum Gasteiger partial charge on any atom is 0.142 e. The van der Waals surface area contributed by atoms with Crippen LogP contribution in [-0.2, 0) is 6.42 Å². The first-order valence-corrected chi connectivity index (χ1v) is 8.34. The molecule has 0 bridgehead atoms. The third-order valence-electron chi connectivity index (χ3n) is 3.89. The molecule has 0 heterocycles. The van der Waals surface area contributed by atoms with Gasteiger partial charge in [0, 0.05) is 4.47 Å². The normalized spacial score (nSPS) is 16.6. The van der Waals surface area contributed by atoms with Crippen molar-refractivity contribution < 1.29 is 4.74 Å². The van der Waals surface area contributed by atoms with Crippen molar-refractivity contribution in [1.82, 2.24) is 0 Å². The molecule has 1 aliphatic carbocycles. The van der Waals surface area contributed by atoms with Crippen LogP contribution in [0.1, 0.15) is 36.9 Å². The average molecular weight is 346 g/mol. The summed E-state index contributed by atoms with van der Waals surface area (Å²) >= 11 is 3.66. The Labute approximate surface area is 134 Å². The fourth-order valence-electron chi connectivity index (χ4n) is 2.87. The van der Waals surface area contributed by atoms with Gasteiger partial charge in [-0.05, 0) is 48.6 Å². The van der Waals surface area contributed by atoms with Gasteiger partial charge in [-0.2, -0.15) is 0 Å². The lowest BCUT2D eigenvalue weighted by Crippen LogP contribution is -2.09. The highest BCUT2D eigenvalue weighted by atomic mass is 79.9. The number of nitrogens with one attached hydrogen (secondary N) is 1. The van der Waals surface area contributed by atoms with Gasteiger partial charge < -0.3 is 10.1 Å². The predicted octanol–water partition coefficient (Wildman–Crippen LogP) is 5.34. The number of ether oxygens (including phenoxy) is 1. The molecule has 3 rings (SSSR count). The fourth-order valence-corrected chi connectivity index (χ4v) is 3.45. The number of hydrogen-bond donors (Lipinski definition) is 1. The molecule has 2 nitrogen and oxygen atoms in total. The van der Waals surface area contributed by atoms with E-state index >= 15 is 0 Å². The molecule has 0 saturated carbocycles. The molecule has 0 aliphatic heterocycles. The molecular weight excluding hydrogens is 326 g/mol. The second-order valence-electron chi connectivity index (χ2n) is 5.39. The molecule has 1 N–H and O–H groups in total. The van der Waals surface area contributed by atoms with Gasteiger partial charge in [0.15, 0.2) is 0 Å². The predicted molar refractivity (Wildman–Crippen MR) is 91.1 cm³/mol. The number of benzene rings is 2. The second-order valence-corrected chi connectivity index (χ2v) is 6.24. The van der Waals surface area contributed by atoms with Gasteiger partial charge in [-0.15, -0.1) is 0 Å². The van der Waals surface area contributed by atoms with Crippen LogP contribution in [-0.4, -0.2) is 6.61 Å². The Kier molecular flexibility index (Phi) is 4.49. The van der Waals surface area contributed by atoms with Crippen LogP contribution in [0.4, 0.5) is 5.69 Å². The van der Waals surface area contributed by atoms with Crippen LogP contribution in [0.5, 0.6) is 5.75 Å². The number of hydrogen-bond acceptors (Lipinski definition) is 2. The van der Waals surface area contributed by atoms with E-state index in [1.54, 1.807) is 0 Å². The smallest absolute Gasteiger partial charge is 0.142 e. The summed E-state index contributed by atoms with van der Waals surface area (Å²) < 4.78 is 7.06. The van der Waals surface area contributed by atoms with Crippen molar-refractivity contribution in [3.05, 3.63) is 58.1 Å². The molecule has 2 aromatic carbocycles. The van der Waals surface area contributed by atoms with Crippen molar-refractivity contribution >= 4 is 21.6 Å². The minimum Gasteiger partial charge on any atom is -0.491 e. The van der Waals surface area contributed by atoms with Crippen LogP contribution in [0.15, 0.2) is 46.9 Å². The van der Waals surface area contributed by atoms with E-state index in [2.05, 4.69) is 58.5 Å². The van der Waals surface area contributed by atoms with Gasteiger partial charge in [-0.1, -0.05) is 47.1 Å². The summed E-state index contributed by atoms with van der Waals surface area (Å²) in [5, 5.41) is 3.66. The monoisotopic (exact) mass is 345 g/mol. The zero-order valence-corrected chi connectivity index (χ0v) is 13.8. The SMILES string of the molecule is CCCOc1ccccc1NC1CCc2c(Br)cccc21. The van der Waals surface area contributed by atoms with Gasteiger partial charge >= 0.3 is 0 Å². The van der Waals surface area contributed by atoms with E-state index < -0.39 is 0 Å². The van der Waals surface area contributed by atoms with Gasteiger partial charge in [0.2, 0.25) is 0 Å². The summed E-state index contributed by atoms with van der Waals surface area (Å²) in [5.41, 5.74) is 3.92. The van der Waals surface area contributed by atoms with E-state index in [0.717, 1.165) is 37.3 Å². The minimum absolute atomic E-state index is 0.365. The van der Waals surface area contributed by atoms with Crippen molar-refractivity contribution in [1.29, 1.82) is 0 Å². The number of rotatable bonds is 5. The van der Waals surface area contributed by atoms with Crippen molar-refractivity contribution in [2.45, 2.75) is 32.2 Å². The third-order valence-corrected chi connectivity index (χ3v) is 4.63. The molecule has 110 valence electrons. The molecule has 0 spiro atoms. The summed E-state index contributed by atoms with van der Waals surface area (Å²) in [7, 11) is 0. The molecule has 3 heteroatoms. The first-order valence-electron chi connectivity index (χ1n) is 7.55. The number of para-hydroxylation sites is 2. The fraction of sp³-hybridized carbons (Fsp3) is 0.333. The molecule has 21 heavy (non-hydrogen) atoms. The summed E-state index contributed by atoms with van der Waals surface area (Å²) in [5.74, 6) is 0.947. The van der Waals surface area contributed by atoms with Gasteiger partial charge in [-0.25, -0.2) is 0 Å². The molecule has 0 fully saturated rings. The lowest BCUT2D eigenvalue weighted by Gasteiger charge is -2.18. The maximum atomic E-state index is 5.84. The molecular formula is C18H20BrNO. The van der Waals surface area contributed by atoms with Crippen molar-refractivity contribution in [2.75, 3.05) is 11.9 Å². The van der Waals surface area contributed by atoms with Crippen LogP contribution in [0.3, 0.4) is 0 Å². The number of halogens is 1. The summed E-state index contributed by atoms with van der Waals surface area (Å²) in [6, 6.07) is 15.0. The summed E-state index contributed by atoms with van der Waals surface area (Å²) in [4.78, 5) is 0. The zero-order valence-electron chi connectivity index (χ0n) is 12.2. The topological polar surface area (TPSA) is 21.3 Å². The van der Waals surface area contributed by atoms with Crippen LogP contribution in [0.25, 0.3) is 0 Å². The van der Waals surface area contributed by atoms with E-state index in [4.69, 9.17) is 4.74 Å². The molecule has 0 radical (unpaired) electrons. The molecule has 0 aromatic heterocycles. The van der Waals surface area contributed by atoms with Crippen molar-refractivity contribution in [3.63, 3.8) is 0 Å². The average Bonchev–Trinajstić information content (AvgIpc) is 2.91. The lowest BCUT2D eigenvalue weighted by molar-refractivity contribution is 0.318. The number of anilines is 1. The van der Waals surface area contributed by atoms with Crippen LogP contribution < -0.4 is 10.1 Å². The highest BCUT2D eigenvalue weighted by molar-refractivity contribution is 9.10. The Hall–Kier alpha value is -1.48. The standard InChI is InChI=1S/C18H20BrNO/c1-2-12-21-18-9-4-3-8-17(18)20-16-11-10-13-14(16)6-5-7-15(13)19/h3-9,16,20H,2,10-12H2,1H3. The van der Waals surface area contributed by atoms with Crippen LogP contribution in [0, 0.1) is 0 Å². The molecule has 0 amide bonds. The second kappa shape index (κ2) is 6.52. The number of fused-ring (bicyclic) bond motifs is 1. The van der Waals surface area contributed by atoms with E-state index in [-0.39, 0.29) is 0 Å². The molecule has 2 aromatic rings. The van der Waals surface area contributed by atoms with Crippen molar-refractivity contribution in [3.8, 4) is 5.75 Å². The lowest BCUT2D eigenvalue weighted by atomic mass is 10.1. The molecule has 1 aliphatic rings. The molecule has 1 atom stereocenters. The molecule has 0 saturated heterocycles. The zero-order chi connectivity index (χ0) is 14.7. The Morgan fingerprint density at radius 3 is 2.90 bits per heavy atom. The Morgan fingerprint density at radius 1 is 1.19 bits per heavy atom. The quantitative estimate of drug-likeness (QED) is 0.789. The van der Waals surface area contributed by atoms with E-state index in [9.17, 15) is 0 Å². The maximum absolute atomic E-state index is 5.84. The first kappa shape index (κ1) is 14.5. The van der Waals surface area contributed by atoms with Gasteiger partial charge in [-0.3, -0.25) is 0 Å². The van der Waals surface area contributed by atoms with Gasteiger partial charge in [0.1, 0.15) is 5.75 Å². The Bertz CT molecular complexity index is 626. The van der Waals surface area contributed by atoms with E-state index in [0.29, 0.717) is 6.04 Å². The molecule has 1 unspecified atom stereocenters. The minimum atomic E-state index is 0.365. The van der Waals surface area contributed by atoms with Crippen LogP contribution in [0.2, 0.25) is 0 Å². The summed E-state index contributed by atoms with van der Waals surface area (Å²) in [6.07, 6.45) is 3.26. The van der Waals surface area contributed by atoms with Gasteiger partial charge in [0.05, 0.1) is 18.3 Å². The highest BCUT2D eigenvalue weighted by Gasteiger charge is 2.24. The highest BCUT2D eigenvalue weighted by Crippen LogP contribution is 2.39. The Balaban J connectivity index is 1.82. The Morgan fingerprint density at radius 2 is 2.05 bits per heavy atom. The van der Waals surface area contributed by atoms with E-state index in [1.807, 2.05) is 12.1 Å². The summed E-state index contributed by atoms with van der Waals surface area (Å²) in [6.45, 7) is 2.88. The first-order chi connectivity index (χ1) is 10.3.